The molecule has 14 heavy (non-hydrogen) atoms. The molecule has 1 aromatic carbocycles. The molecule has 0 unspecified atom stereocenters. The number of alkyl halides is 3. The molecule has 74 valence electrons. The Kier molecular flexibility index (Phi) is 2.75. The van der Waals surface area contributed by atoms with Crippen molar-refractivity contribution in [1.29, 1.82) is 5.26 Å². The molecule has 0 radical (unpaired) electrons. The van der Waals surface area contributed by atoms with E-state index in [9.17, 15) is 17.6 Å². The Balaban J connectivity index is 3.14. The Labute approximate surface area is 77.6 Å². The SMILES string of the molecule is N#CCc1cc(C(F)(F)F)ccc1F. The third-order valence-electron chi connectivity index (χ3n) is 1.64. The maximum Gasteiger partial charge on any atom is 0.416 e. The standard InChI is InChI=1S/C9H5F4N/c10-8-2-1-7(9(11,12)13)5-6(8)3-4-14/h1-2,5H,3H2. The summed E-state index contributed by atoms with van der Waals surface area (Å²) >= 11 is 0. The van der Waals surface area contributed by atoms with Crippen LogP contribution in [0.2, 0.25) is 0 Å². The third-order valence-corrected chi connectivity index (χ3v) is 1.64. The van der Waals surface area contributed by atoms with E-state index in [1.165, 1.54) is 0 Å². The van der Waals surface area contributed by atoms with E-state index in [0.29, 0.717) is 12.1 Å². The van der Waals surface area contributed by atoms with E-state index in [1.807, 2.05) is 0 Å². The minimum atomic E-state index is -4.50. The smallest absolute Gasteiger partial charge is 0.207 e. The van der Waals surface area contributed by atoms with Crippen LogP contribution in [0.1, 0.15) is 11.1 Å². The number of benzene rings is 1. The summed E-state index contributed by atoms with van der Waals surface area (Å²) in [5, 5.41) is 8.24. The van der Waals surface area contributed by atoms with Crippen LogP contribution in [0.25, 0.3) is 0 Å². The summed E-state index contributed by atoms with van der Waals surface area (Å²) in [5.74, 6) is -0.792. The van der Waals surface area contributed by atoms with Gasteiger partial charge in [0.25, 0.3) is 0 Å². The van der Waals surface area contributed by atoms with Crippen LogP contribution in [-0.2, 0) is 12.6 Å². The molecule has 0 atom stereocenters. The van der Waals surface area contributed by atoms with Crippen molar-refractivity contribution in [1.82, 2.24) is 0 Å². The van der Waals surface area contributed by atoms with Crippen molar-refractivity contribution >= 4 is 0 Å². The molecular formula is C9H5F4N. The molecule has 0 amide bonds. The van der Waals surface area contributed by atoms with Crippen molar-refractivity contribution in [2.24, 2.45) is 0 Å². The van der Waals surface area contributed by atoms with Gasteiger partial charge >= 0.3 is 6.18 Å². The summed E-state index contributed by atoms with van der Waals surface area (Å²) in [6, 6.07) is 3.61. The molecule has 0 aliphatic heterocycles. The van der Waals surface area contributed by atoms with Crippen molar-refractivity contribution in [3.8, 4) is 6.07 Å². The Morgan fingerprint density at radius 1 is 1.29 bits per heavy atom. The molecule has 1 aromatic rings. The van der Waals surface area contributed by atoms with Crippen LogP contribution in [0, 0.1) is 17.1 Å². The van der Waals surface area contributed by atoms with Crippen molar-refractivity contribution in [2.45, 2.75) is 12.6 Å². The Hall–Kier alpha value is -1.57. The molecule has 0 bridgehead atoms. The van der Waals surface area contributed by atoms with Gasteiger partial charge < -0.3 is 0 Å². The maximum absolute atomic E-state index is 12.8. The molecule has 0 aromatic heterocycles. The average molecular weight is 203 g/mol. The topological polar surface area (TPSA) is 23.8 Å². The highest BCUT2D eigenvalue weighted by atomic mass is 19.4. The van der Waals surface area contributed by atoms with E-state index in [-0.39, 0.29) is 12.0 Å². The Morgan fingerprint density at radius 2 is 1.93 bits per heavy atom. The van der Waals surface area contributed by atoms with Crippen LogP contribution in [0.5, 0.6) is 0 Å². The van der Waals surface area contributed by atoms with Gasteiger partial charge in [-0.25, -0.2) is 4.39 Å². The minimum absolute atomic E-state index is 0.234. The minimum Gasteiger partial charge on any atom is -0.207 e. The van der Waals surface area contributed by atoms with Crippen LogP contribution in [0.15, 0.2) is 18.2 Å². The predicted octanol–water partition coefficient (Wildman–Crippen LogP) is 2.91. The van der Waals surface area contributed by atoms with E-state index < -0.39 is 17.6 Å². The van der Waals surface area contributed by atoms with Crippen molar-refractivity contribution in [3.63, 3.8) is 0 Å². The molecule has 0 fully saturated rings. The lowest BCUT2D eigenvalue weighted by Crippen LogP contribution is -2.06. The third kappa shape index (κ3) is 2.22. The number of nitrogens with zero attached hydrogens (tertiary/aromatic N) is 1. The second kappa shape index (κ2) is 3.66. The lowest BCUT2D eigenvalue weighted by Gasteiger charge is -2.07. The molecule has 0 saturated heterocycles. The summed E-state index contributed by atoms with van der Waals surface area (Å²) in [5.41, 5.74) is -1.17. The highest BCUT2D eigenvalue weighted by Gasteiger charge is 2.30. The van der Waals surface area contributed by atoms with E-state index in [0.717, 1.165) is 6.07 Å². The fourth-order valence-corrected chi connectivity index (χ4v) is 0.972. The first kappa shape index (κ1) is 10.5. The Bertz CT molecular complexity index is 375. The van der Waals surface area contributed by atoms with Crippen LogP contribution in [-0.4, -0.2) is 0 Å². The van der Waals surface area contributed by atoms with Crippen molar-refractivity contribution in [2.75, 3.05) is 0 Å². The van der Waals surface area contributed by atoms with E-state index in [4.69, 9.17) is 5.26 Å². The molecule has 0 heterocycles. The number of hydrogen-bond acceptors (Lipinski definition) is 1. The van der Waals surface area contributed by atoms with E-state index in [1.54, 1.807) is 6.07 Å². The highest BCUT2D eigenvalue weighted by Crippen LogP contribution is 2.30. The fraction of sp³-hybridized carbons (Fsp3) is 0.222. The van der Waals surface area contributed by atoms with Gasteiger partial charge in [0, 0.05) is 5.56 Å². The zero-order valence-electron chi connectivity index (χ0n) is 6.90. The first-order valence-corrected chi connectivity index (χ1v) is 3.67. The molecule has 1 rings (SSSR count). The normalized spacial score (nSPS) is 11.1. The molecule has 0 spiro atoms. The van der Waals surface area contributed by atoms with Gasteiger partial charge in [0.05, 0.1) is 18.1 Å². The number of halogens is 4. The van der Waals surface area contributed by atoms with Crippen LogP contribution in [0.3, 0.4) is 0 Å². The van der Waals surface area contributed by atoms with Gasteiger partial charge in [-0.1, -0.05) is 0 Å². The van der Waals surface area contributed by atoms with Crippen molar-refractivity contribution in [3.05, 3.63) is 35.1 Å². The Morgan fingerprint density at radius 3 is 2.43 bits per heavy atom. The second-order valence-electron chi connectivity index (χ2n) is 2.64. The lowest BCUT2D eigenvalue weighted by atomic mass is 10.1. The van der Waals surface area contributed by atoms with Gasteiger partial charge in [0.1, 0.15) is 5.82 Å². The van der Waals surface area contributed by atoms with E-state index in [2.05, 4.69) is 0 Å². The summed E-state index contributed by atoms with van der Waals surface area (Å²) in [6.07, 6.45) is -4.87. The first-order valence-electron chi connectivity index (χ1n) is 3.67. The van der Waals surface area contributed by atoms with Crippen LogP contribution < -0.4 is 0 Å². The maximum atomic E-state index is 12.8. The fourth-order valence-electron chi connectivity index (χ4n) is 0.972. The van der Waals surface area contributed by atoms with Crippen LogP contribution >= 0.6 is 0 Å². The van der Waals surface area contributed by atoms with Gasteiger partial charge in [-0.05, 0) is 18.2 Å². The largest absolute Gasteiger partial charge is 0.416 e. The second-order valence-corrected chi connectivity index (χ2v) is 2.64. The van der Waals surface area contributed by atoms with Gasteiger partial charge in [0.15, 0.2) is 0 Å². The first-order chi connectivity index (χ1) is 6.45. The molecule has 0 N–H and O–H groups in total. The van der Waals surface area contributed by atoms with Crippen molar-refractivity contribution < 1.29 is 17.6 Å². The summed E-state index contributed by atoms with van der Waals surface area (Å²) in [7, 11) is 0. The number of nitriles is 1. The van der Waals surface area contributed by atoms with E-state index >= 15 is 0 Å². The molecule has 5 heteroatoms. The number of hydrogen-bond donors (Lipinski definition) is 0. The predicted molar refractivity (Wildman–Crippen MR) is 40.7 cm³/mol. The molecular weight excluding hydrogens is 198 g/mol. The zero-order chi connectivity index (χ0) is 10.8. The quantitative estimate of drug-likeness (QED) is 0.644. The van der Waals surface area contributed by atoms with Gasteiger partial charge in [-0.15, -0.1) is 0 Å². The highest BCUT2D eigenvalue weighted by molar-refractivity contribution is 5.28. The summed E-state index contributed by atoms with van der Waals surface area (Å²) in [4.78, 5) is 0. The average Bonchev–Trinajstić information content (AvgIpc) is 2.07. The number of rotatable bonds is 1. The summed E-state index contributed by atoms with van der Waals surface area (Å²) < 4.78 is 49.2. The molecule has 1 nitrogen and oxygen atoms in total. The van der Waals surface area contributed by atoms with Crippen LogP contribution in [0.4, 0.5) is 17.6 Å². The van der Waals surface area contributed by atoms with Gasteiger partial charge in [-0.2, -0.15) is 18.4 Å². The monoisotopic (exact) mass is 203 g/mol. The van der Waals surface area contributed by atoms with Gasteiger partial charge in [-0.3, -0.25) is 0 Å². The lowest BCUT2D eigenvalue weighted by molar-refractivity contribution is -0.137. The molecule has 0 aliphatic rings. The zero-order valence-corrected chi connectivity index (χ0v) is 6.90. The molecule has 0 saturated carbocycles. The summed E-state index contributed by atoms with van der Waals surface area (Å²) in [6.45, 7) is 0. The van der Waals surface area contributed by atoms with Gasteiger partial charge in [0.2, 0.25) is 0 Å². The molecule has 0 aliphatic carbocycles.